The van der Waals surface area contributed by atoms with E-state index in [2.05, 4.69) is 15.6 Å². The molecule has 0 fully saturated rings. The van der Waals surface area contributed by atoms with Crippen molar-refractivity contribution in [3.05, 3.63) is 18.2 Å². The largest absolute Gasteiger partial charge is 0.384 e. The monoisotopic (exact) mass is 238 g/mol. The molecule has 0 aliphatic carbocycles. The summed E-state index contributed by atoms with van der Waals surface area (Å²) < 4.78 is 4.84. The molecule has 1 aromatic heterocycles. The summed E-state index contributed by atoms with van der Waals surface area (Å²) in [4.78, 5) is 15.7. The molecule has 0 aliphatic heterocycles. The Morgan fingerprint density at radius 2 is 2.35 bits per heavy atom. The first-order valence-electron chi connectivity index (χ1n) is 5.39. The molecular weight excluding hydrogens is 220 g/mol. The van der Waals surface area contributed by atoms with Crippen molar-refractivity contribution < 1.29 is 9.53 Å². The minimum absolute atomic E-state index is 0.105. The van der Waals surface area contributed by atoms with Gasteiger partial charge < -0.3 is 21.1 Å². The molecular formula is C11H18N4O2. The topological polar surface area (TPSA) is 89.3 Å². The minimum atomic E-state index is -0.374. The molecule has 1 atom stereocenters. The fraction of sp³-hybridized carbons (Fsp3) is 0.455. The number of anilines is 2. The first-order valence-corrected chi connectivity index (χ1v) is 5.39. The maximum atomic E-state index is 11.6. The van der Waals surface area contributed by atoms with Gasteiger partial charge in [-0.25, -0.2) is 4.98 Å². The predicted molar refractivity (Wildman–Crippen MR) is 66.6 cm³/mol. The lowest BCUT2D eigenvalue weighted by atomic mass is 10.3. The molecule has 94 valence electrons. The van der Waals surface area contributed by atoms with E-state index >= 15 is 0 Å². The minimum Gasteiger partial charge on any atom is -0.384 e. The van der Waals surface area contributed by atoms with E-state index in [0.29, 0.717) is 24.8 Å². The summed E-state index contributed by atoms with van der Waals surface area (Å²) in [6, 6.07) is 4.85. The predicted octanol–water partition coefficient (Wildman–Crippen LogP) is 0.227. The average Bonchev–Trinajstić information content (AvgIpc) is 2.29. The normalized spacial score (nSPS) is 11.9. The lowest BCUT2D eigenvalue weighted by molar-refractivity contribution is -0.121. The Morgan fingerprint density at radius 1 is 1.59 bits per heavy atom. The van der Waals surface area contributed by atoms with E-state index in [1.165, 1.54) is 0 Å². The number of nitrogens with zero attached hydrogens (tertiary/aromatic N) is 1. The number of nitrogens with two attached hydrogens (primary N) is 1. The van der Waals surface area contributed by atoms with E-state index in [1.807, 2.05) is 0 Å². The summed E-state index contributed by atoms with van der Waals surface area (Å²) in [6.45, 7) is 2.74. The summed E-state index contributed by atoms with van der Waals surface area (Å²) in [7, 11) is 1.59. The molecule has 6 nitrogen and oxygen atoms in total. The van der Waals surface area contributed by atoms with Crippen LogP contribution in [-0.4, -0.2) is 37.2 Å². The number of ether oxygens (including phenoxy) is 1. The molecule has 1 amide bonds. The van der Waals surface area contributed by atoms with Gasteiger partial charge in [-0.1, -0.05) is 6.07 Å². The van der Waals surface area contributed by atoms with Crippen LogP contribution in [0.2, 0.25) is 0 Å². The molecule has 1 heterocycles. The number of aromatic nitrogens is 1. The smallest absolute Gasteiger partial charge is 0.242 e. The summed E-state index contributed by atoms with van der Waals surface area (Å²) in [5, 5.41) is 5.70. The maximum Gasteiger partial charge on any atom is 0.242 e. The second kappa shape index (κ2) is 6.70. The third-order valence-electron chi connectivity index (χ3n) is 2.13. The van der Waals surface area contributed by atoms with Crippen molar-refractivity contribution in [2.24, 2.45) is 0 Å². The summed E-state index contributed by atoms with van der Waals surface area (Å²) in [5.74, 6) is 0.896. The van der Waals surface area contributed by atoms with Crippen molar-refractivity contribution in [3.63, 3.8) is 0 Å². The van der Waals surface area contributed by atoms with E-state index in [1.54, 1.807) is 32.2 Å². The Balaban J connectivity index is 2.43. The van der Waals surface area contributed by atoms with Gasteiger partial charge in [-0.2, -0.15) is 0 Å². The number of nitrogen functional groups attached to an aromatic ring is 1. The number of hydrogen-bond donors (Lipinski definition) is 3. The second-order valence-corrected chi connectivity index (χ2v) is 3.60. The van der Waals surface area contributed by atoms with Gasteiger partial charge in [0.1, 0.15) is 17.7 Å². The van der Waals surface area contributed by atoms with Crippen molar-refractivity contribution in [3.8, 4) is 0 Å². The van der Waals surface area contributed by atoms with Crippen LogP contribution in [0, 0.1) is 0 Å². The van der Waals surface area contributed by atoms with Gasteiger partial charge in [0.2, 0.25) is 5.91 Å². The van der Waals surface area contributed by atoms with Crippen LogP contribution in [0.5, 0.6) is 0 Å². The number of amides is 1. The fourth-order valence-electron chi connectivity index (χ4n) is 1.25. The van der Waals surface area contributed by atoms with Gasteiger partial charge in [-0.15, -0.1) is 0 Å². The number of methoxy groups -OCH3 is 1. The third-order valence-corrected chi connectivity index (χ3v) is 2.13. The first kappa shape index (κ1) is 13.2. The summed E-state index contributed by atoms with van der Waals surface area (Å²) in [6.07, 6.45) is 0. The van der Waals surface area contributed by atoms with Crippen LogP contribution in [0.4, 0.5) is 11.6 Å². The van der Waals surface area contributed by atoms with E-state index in [9.17, 15) is 4.79 Å². The molecule has 0 aliphatic rings. The Kier molecular flexibility index (Phi) is 5.22. The van der Waals surface area contributed by atoms with E-state index in [4.69, 9.17) is 10.5 Å². The number of carbonyl (C=O) groups excluding carboxylic acids is 1. The molecule has 4 N–H and O–H groups in total. The molecule has 0 saturated carbocycles. The van der Waals surface area contributed by atoms with Gasteiger partial charge >= 0.3 is 0 Å². The van der Waals surface area contributed by atoms with E-state index in [0.717, 1.165) is 0 Å². The van der Waals surface area contributed by atoms with Gasteiger partial charge in [0.05, 0.1) is 6.61 Å². The average molecular weight is 238 g/mol. The number of nitrogens with one attached hydrogen (secondary N) is 2. The zero-order valence-electron chi connectivity index (χ0n) is 10.1. The Morgan fingerprint density at radius 3 is 3.00 bits per heavy atom. The highest BCUT2D eigenvalue weighted by Crippen LogP contribution is 2.07. The van der Waals surface area contributed by atoms with Crippen molar-refractivity contribution in [2.75, 3.05) is 31.3 Å². The zero-order chi connectivity index (χ0) is 12.7. The SMILES string of the molecule is COCCNC(=O)C(C)Nc1cccc(N)n1. The van der Waals surface area contributed by atoms with Gasteiger partial charge in [0.25, 0.3) is 0 Å². The van der Waals surface area contributed by atoms with Gasteiger partial charge in [0.15, 0.2) is 0 Å². The zero-order valence-corrected chi connectivity index (χ0v) is 10.1. The molecule has 0 aromatic carbocycles. The number of carbonyl (C=O) groups is 1. The number of pyridine rings is 1. The van der Waals surface area contributed by atoms with Crippen molar-refractivity contribution >= 4 is 17.5 Å². The van der Waals surface area contributed by atoms with E-state index < -0.39 is 0 Å². The first-order chi connectivity index (χ1) is 8.13. The number of rotatable bonds is 6. The van der Waals surface area contributed by atoms with Crippen LogP contribution >= 0.6 is 0 Å². The molecule has 0 saturated heterocycles. The molecule has 0 spiro atoms. The number of hydrogen-bond acceptors (Lipinski definition) is 5. The fourth-order valence-corrected chi connectivity index (χ4v) is 1.25. The van der Waals surface area contributed by atoms with Crippen LogP contribution in [0.25, 0.3) is 0 Å². The van der Waals surface area contributed by atoms with E-state index in [-0.39, 0.29) is 11.9 Å². The van der Waals surface area contributed by atoms with Crippen LogP contribution in [0.1, 0.15) is 6.92 Å². The molecule has 0 radical (unpaired) electrons. The summed E-state index contributed by atoms with van der Waals surface area (Å²) in [5.41, 5.74) is 5.54. The van der Waals surface area contributed by atoms with Crippen LogP contribution in [-0.2, 0) is 9.53 Å². The van der Waals surface area contributed by atoms with Crippen LogP contribution in [0.3, 0.4) is 0 Å². The highest BCUT2D eigenvalue weighted by Gasteiger charge is 2.12. The Hall–Kier alpha value is -1.82. The molecule has 17 heavy (non-hydrogen) atoms. The highest BCUT2D eigenvalue weighted by molar-refractivity contribution is 5.83. The van der Waals surface area contributed by atoms with Crippen LogP contribution in [0.15, 0.2) is 18.2 Å². The highest BCUT2D eigenvalue weighted by atomic mass is 16.5. The third kappa shape index (κ3) is 4.69. The summed E-state index contributed by atoms with van der Waals surface area (Å²) >= 11 is 0. The lowest BCUT2D eigenvalue weighted by Gasteiger charge is -2.14. The van der Waals surface area contributed by atoms with Crippen molar-refractivity contribution in [1.82, 2.24) is 10.3 Å². The lowest BCUT2D eigenvalue weighted by Crippen LogP contribution is -2.39. The second-order valence-electron chi connectivity index (χ2n) is 3.60. The standard InChI is InChI=1S/C11H18N4O2/c1-8(11(16)13-6-7-17-2)14-10-5-3-4-9(12)15-10/h3-5,8H,6-7H2,1-2H3,(H,13,16)(H3,12,14,15). The van der Waals surface area contributed by atoms with Gasteiger partial charge in [-0.05, 0) is 19.1 Å². The van der Waals surface area contributed by atoms with Crippen LogP contribution < -0.4 is 16.4 Å². The molecule has 6 heteroatoms. The quantitative estimate of drug-likeness (QED) is 0.617. The maximum absolute atomic E-state index is 11.6. The van der Waals surface area contributed by atoms with Crippen molar-refractivity contribution in [2.45, 2.75) is 13.0 Å². The molecule has 1 aromatic rings. The molecule has 1 rings (SSSR count). The van der Waals surface area contributed by atoms with Gasteiger partial charge in [-0.3, -0.25) is 4.79 Å². The Bertz CT molecular complexity index is 370. The Labute approximate surface area is 101 Å². The molecule has 0 bridgehead atoms. The molecule has 1 unspecified atom stereocenters. The van der Waals surface area contributed by atoms with Crippen molar-refractivity contribution in [1.29, 1.82) is 0 Å². The van der Waals surface area contributed by atoms with Gasteiger partial charge in [0, 0.05) is 13.7 Å².